The first-order chi connectivity index (χ1) is 11.3. The molecule has 0 bridgehead atoms. The fourth-order valence-electron chi connectivity index (χ4n) is 2.93. The van der Waals surface area contributed by atoms with E-state index in [9.17, 15) is 13.2 Å². The number of rotatable bonds is 6. The van der Waals surface area contributed by atoms with E-state index in [1.54, 1.807) is 17.0 Å². The first-order valence-electron chi connectivity index (χ1n) is 8.23. The van der Waals surface area contributed by atoms with Gasteiger partial charge in [0.15, 0.2) is 0 Å². The molecule has 1 aromatic carbocycles. The molecule has 2 rings (SSSR count). The molecule has 0 radical (unpaired) electrons. The van der Waals surface area contributed by atoms with E-state index >= 15 is 0 Å². The Morgan fingerprint density at radius 3 is 2.58 bits per heavy atom. The minimum Gasteiger partial charge on any atom is -0.341 e. The van der Waals surface area contributed by atoms with E-state index in [0.717, 1.165) is 31.2 Å². The second kappa shape index (κ2) is 8.32. The van der Waals surface area contributed by atoms with Gasteiger partial charge in [0.05, 0.1) is 12.8 Å². The Morgan fingerprint density at radius 2 is 2.00 bits per heavy atom. The highest BCUT2D eigenvalue weighted by Crippen LogP contribution is 2.16. The standard InChI is InChI=1S/C17H25ClN2O3S/c1-14-4-3-10-19(12-14)17(21)13-20(24(2,22)23)11-9-15-5-7-16(18)8-6-15/h5-8,14H,3-4,9-13H2,1-2H3. The van der Waals surface area contributed by atoms with Crippen molar-refractivity contribution >= 4 is 27.5 Å². The molecule has 0 N–H and O–H groups in total. The maximum atomic E-state index is 12.5. The van der Waals surface area contributed by atoms with Gasteiger partial charge in [-0.1, -0.05) is 30.7 Å². The molecule has 0 saturated carbocycles. The van der Waals surface area contributed by atoms with Crippen LogP contribution in [0.1, 0.15) is 25.3 Å². The summed E-state index contributed by atoms with van der Waals surface area (Å²) in [6, 6.07) is 7.30. The summed E-state index contributed by atoms with van der Waals surface area (Å²) in [7, 11) is -3.43. The van der Waals surface area contributed by atoms with Crippen molar-refractivity contribution in [3.8, 4) is 0 Å². The fourth-order valence-corrected chi connectivity index (χ4v) is 3.83. The van der Waals surface area contributed by atoms with Crippen LogP contribution in [0.3, 0.4) is 0 Å². The Balaban J connectivity index is 1.98. The van der Waals surface area contributed by atoms with E-state index in [-0.39, 0.29) is 19.0 Å². The Kier molecular flexibility index (Phi) is 6.66. The highest BCUT2D eigenvalue weighted by atomic mass is 35.5. The minimum atomic E-state index is -3.43. The molecular formula is C17H25ClN2O3S. The summed E-state index contributed by atoms with van der Waals surface area (Å²) in [5.74, 6) is 0.367. The van der Waals surface area contributed by atoms with Crippen molar-refractivity contribution in [2.45, 2.75) is 26.2 Å². The molecule has 7 heteroatoms. The van der Waals surface area contributed by atoms with Crippen molar-refractivity contribution < 1.29 is 13.2 Å². The van der Waals surface area contributed by atoms with Gasteiger partial charge in [0.25, 0.3) is 0 Å². The predicted octanol–water partition coefficient (Wildman–Crippen LogP) is 2.40. The summed E-state index contributed by atoms with van der Waals surface area (Å²) in [4.78, 5) is 14.2. The summed E-state index contributed by atoms with van der Waals surface area (Å²) in [5.41, 5.74) is 0.993. The van der Waals surface area contributed by atoms with E-state index in [4.69, 9.17) is 11.6 Å². The third-order valence-corrected chi connectivity index (χ3v) is 5.86. The van der Waals surface area contributed by atoms with E-state index in [0.29, 0.717) is 23.9 Å². The van der Waals surface area contributed by atoms with Crippen molar-refractivity contribution in [3.05, 3.63) is 34.9 Å². The van der Waals surface area contributed by atoms with Crippen molar-refractivity contribution in [1.82, 2.24) is 9.21 Å². The second-order valence-corrected chi connectivity index (χ2v) is 8.98. The van der Waals surface area contributed by atoms with Gasteiger partial charge in [0, 0.05) is 24.7 Å². The summed E-state index contributed by atoms with van der Waals surface area (Å²) in [5, 5.41) is 0.646. The maximum absolute atomic E-state index is 12.5. The van der Waals surface area contributed by atoms with Gasteiger partial charge in [-0.2, -0.15) is 4.31 Å². The monoisotopic (exact) mass is 372 g/mol. The lowest BCUT2D eigenvalue weighted by Gasteiger charge is -2.32. The average Bonchev–Trinajstić information content (AvgIpc) is 2.51. The van der Waals surface area contributed by atoms with Crippen LogP contribution in [0.2, 0.25) is 5.02 Å². The van der Waals surface area contributed by atoms with Crippen LogP contribution in [-0.2, 0) is 21.2 Å². The number of sulfonamides is 1. The molecule has 1 saturated heterocycles. The number of hydrogen-bond acceptors (Lipinski definition) is 3. The summed E-state index contributed by atoms with van der Waals surface area (Å²) >= 11 is 5.86. The zero-order valence-corrected chi connectivity index (χ0v) is 15.8. The molecule has 0 aromatic heterocycles. The maximum Gasteiger partial charge on any atom is 0.237 e. The van der Waals surface area contributed by atoms with Gasteiger partial charge < -0.3 is 4.90 Å². The van der Waals surface area contributed by atoms with Crippen LogP contribution in [0, 0.1) is 5.92 Å². The number of carbonyl (C=O) groups is 1. The van der Waals surface area contributed by atoms with Gasteiger partial charge in [-0.3, -0.25) is 4.79 Å². The number of carbonyl (C=O) groups excluding carboxylic acids is 1. The molecule has 5 nitrogen and oxygen atoms in total. The Morgan fingerprint density at radius 1 is 1.33 bits per heavy atom. The van der Waals surface area contributed by atoms with Crippen LogP contribution in [0.25, 0.3) is 0 Å². The Labute approximate surface area is 149 Å². The largest absolute Gasteiger partial charge is 0.341 e. The van der Waals surface area contributed by atoms with Gasteiger partial charge >= 0.3 is 0 Å². The lowest BCUT2D eigenvalue weighted by Crippen LogP contribution is -2.46. The van der Waals surface area contributed by atoms with Crippen molar-refractivity contribution in [2.24, 2.45) is 5.92 Å². The molecule has 1 fully saturated rings. The average molecular weight is 373 g/mol. The van der Waals surface area contributed by atoms with E-state index in [2.05, 4.69) is 6.92 Å². The van der Waals surface area contributed by atoms with E-state index < -0.39 is 10.0 Å². The lowest BCUT2D eigenvalue weighted by atomic mass is 10.0. The Bertz CT molecular complexity index is 661. The molecule has 1 aliphatic heterocycles. The zero-order valence-electron chi connectivity index (χ0n) is 14.2. The molecule has 134 valence electrons. The number of amides is 1. The van der Waals surface area contributed by atoms with Crippen LogP contribution < -0.4 is 0 Å². The molecular weight excluding hydrogens is 348 g/mol. The summed E-state index contributed by atoms with van der Waals surface area (Å²) in [6.07, 6.45) is 3.81. The fraction of sp³-hybridized carbons (Fsp3) is 0.588. The second-order valence-electron chi connectivity index (χ2n) is 6.56. The highest BCUT2D eigenvalue weighted by molar-refractivity contribution is 7.88. The van der Waals surface area contributed by atoms with Crippen LogP contribution in [0.5, 0.6) is 0 Å². The molecule has 1 heterocycles. The van der Waals surface area contributed by atoms with Crippen molar-refractivity contribution in [3.63, 3.8) is 0 Å². The number of piperidine rings is 1. The van der Waals surface area contributed by atoms with Crippen LogP contribution in [-0.4, -0.2) is 56.0 Å². The smallest absolute Gasteiger partial charge is 0.237 e. The number of likely N-dealkylation sites (tertiary alicyclic amines) is 1. The zero-order chi connectivity index (χ0) is 17.7. The van der Waals surface area contributed by atoms with Gasteiger partial charge in [0.1, 0.15) is 0 Å². The van der Waals surface area contributed by atoms with Gasteiger partial charge in [-0.15, -0.1) is 0 Å². The third-order valence-electron chi connectivity index (χ3n) is 4.35. The summed E-state index contributed by atoms with van der Waals surface area (Å²) < 4.78 is 25.3. The van der Waals surface area contributed by atoms with Crippen LogP contribution in [0.15, 0.2) is 24.3 Å². The van der Waals surface area contributed by atoms with Crippen molar-refractivity contribution in [1.29, 1.82) is 0 Å². The van der Waals surface area contributed by atoms with Gasteiger partial charge in [-0.25, -0.2) is 8.42 Å². The molecule has 1 aromatic rings. The molecule has 0 spiro atoms. The molecule has 1 amide bonds. The quantitative estimate of drug-likeness (QED) is 0.770. The first-order valence-corrected chi connectivity index (χ1v) is 10.5. The Hall–Kier alpha value is -1.11. The summed E-state index contributed by atoms with van der Waals surface area (Å²) in [6.45, 7) is 3.76. The molecule has 1 unspecified atom stereocenters. The normalized spacial score (nSPS) is 18.8. The van der Waals surface area contributed by atoms with E-state index in [1.807, 2.05) is 12.1 Å². The van der Waals surface area contributed by atoms with Crippen LogP contribution >= 0.6 is 11.6 Å². The van der Waals surface area contributed by atoms with Crippen LogP contribution in [0.4, 0.5) is 0 Å². The predicted molar refractivity (Wildman–Crippen MR) is 96.6 cm³/mol. The number of halogens is 1. The number of benzene rings is 1. The topological polar surface area (TPSA) is 57.7 Å². The third kappa shape index (κ3) is 5.76. The van der Waals surface area contributed by atoms with Crippen molar-refractivity contribution in [2.75, 3.05) is 32.4 Å². The molecule has 1 aliphatic rings. The lowest BCUT2D eigenvalue weighted by molar-refractivity contribution is -0.133. The van der Waals surface area contributed by atoms with E-state index in [1.165, 1.54) is 4.31 Å². The minimum absolute atomic E-state index is 0.0842. The number of nitrogens with zero attached hydrogens (tertiary/aromatic N) is 2. The van der Waals surface area contributed by atoms with Gasteiger partial charge in [-0.05, 0) is 42.9 Å². The first kappa shape index (κ1) is 19.2. The molecule has 1 atom stereocenters. The highest BCUT2D eigenvalue weighted by Gasteiger charge is 2.26. The molecule has 0 aliphatic carbocycles. The SMILES string of the molecule is CC1CCCN(C(=O)CN(CCc2ccc(Cl)cc2)S(C)(=O)=O)C1. The molecule has 24 heavy (non-hydrogen) atoms. The van der Waals surface area contributed by atoms with Gasteiger partial charge in [0.2, 0.25) is 15.9 Å². The number of hydrogen-bond donors (Lipinski definition) is 0.